The number of rotatable bonds is 2. The summed E-state index contributed by atoms with van der Waals surface area (Å²) in [7, 11) is 0. The maximum absolute atomic E-state index is 13.4. The summed E-state index contributed by atoms with van der Waals surface area (Å²) in [6.07, 6.45) is 8.70. The van der Waals surface area contributed by atoms with Crippen LogP contribution in [0.4, 0.5) is 4.39 Å². The average Bonchev–Trinajstić information content (AvgIpc) is 2.34. The summed E-state index contributed by atoms with van der Waals surface area (Å²) in [5, 5.41) is 0.589. The highest BCUT2D eigenvalue weighted by atomic mass is 35.5. The number of hydrogen-bond donors (Lipinski definition) is 0. The lowest BCUT2D eigenvalue weighted by atomic mass is 9.95. The summed E-state index contributed by atoms with van der Waals surface area (Å²) < 4.78 is 13.4. The van der Waals surface area contributed by atoms with Crippen molar-refractivity contribution in [2.75, 3.05) is 0 Å². The third kappa shape index (κ3) is 3.04. The van der Waals surface area contributed by atoms with Gasteiger partial charge in [0.1, 0.15) is 10.7 Å². The largest absolute Gasteiger partial charge is 0.206 e. The lowest BCUT2D eigenvalue weighted by molar-refractivity contribution is 0.625. The van der Waals surface area contributed by atoms with Crippen LogP contribution in [-0.2, 0) is 0 Å². The van der Waals surface area contributed by atoms with E-state index >= 15 is 0 Å². The van der Waals surface area contributed by atoms with E-state index in [0.29, 0.717) is 10.6 Å². The first kappa shape index (κ1) is 13.4. The molecule has 0 nitrogen and oxygen atoms in total. The molecule has 0 saturated carbocycles. The van der Waals surface area contributed by atoms with Crippen molar-refractivity contribution >= 4 is 29.3 Å². The van der Waals surface area contributed by atoms with Crippen molar-refractivity contribution in [2.24, 2.45) is 5.92 Å². The van der Waals surface area contributed by atoms with Gasteiger partial charge in [0, 0.05) is 16.5 Å². The Kier molecular flexibility index (Phi) is 3.94. The highest BCUT2D eigenvalue weighted by molar-refractivity contribution is 6.33. The Morgan fingerprint density at radius 2 is 2.06 bits per heavy atom. The lowest BCUT2D eigenvalue weighted by Crippen LogP contribution is -2.16. The Balaban J connectivity index is 2.24. The normalized spacial score (nSPS) is 27.6. The fourth-order valence-electron chi connectivity index (χ4n) is 1.65. The highest BCUT2D eigenvalue weighted by Gasteiger charge is 2.23. The molecule has 1 aliphatic rings. The maximum atomic E-state index is 13.4. The molecule has 1 aromatic rings. The van der Waals surface area contributed by atoms with E-state index in [2.05, 4.69) is 6.92 Å². The Morgan fingerprint density at radius 3 is 2.72 bits per heavy atom. The van der Waals surface area contributed by atoms with Gasteiger partial charge in [0.25, 0.3) is 0 Å². The van der Waals surface area contributed by atoms with E-state index in [9.17, 15) is 4.39 Å². The second kappa shape index (κ2) is 5.29. The number of allylic oxidation sites excluding steroid dienone is 5. The standard InChI is InChI=1S/C15H12Cl2F/c1-11-6-8-15(17,10-13(11)16)9-7-12-4-2-3-5-14(12)18/h2-11H,1H2/b9-7+. The minimum Gasteiger partial charge on any atom is -0.206 e. The molecule has 0 aliphatic heterocycles. The molecule has 0 saturated heterocycles. The molecule has 1 radical (unpaired) electrons. The van der Waals surface area contributed by atoms with Crippen molar-refractivity contribution in [2.45, 2.75) is 4.87 Å². The molecule has 18 heavy (non-hydrogen) atoms. The van der Waals surface area contributed by atoms with Gasteiger partial charge in [-0.2, -0.15) is 0 Å². The molecule has 2 atom stereocenters. The quantitative estimate of drug-likeness (QED) is 0.531. The average molecular weight is 282 g/mol. The minimum atomic E-state index is -0.812. The highest BCUT2D eigenvalue weighted by Crippen LogP contribution is 2.33. The Hall–Kier alpha value is -1.05. The summed E-state index contributed by atoms with van der Waals surface area (Å²) >= 11 is 12.4. The molecule has 2 rings (SSSR count). The summed E-state index contributed by atoms with van der Waals surface area (Å²) in [4.78, 5) is -0.812. The summed E-state index contributed by atoms with van der Waals surface area (Å²) in [5.74, 6) is -0.348. The van der Waals surface area contributed by atoms with Crippen molar-refractivity contribution < 1.29 is 4.39 Å². The van der Waals surface area contributed by atoms with Crippen LogP contribution in [0.25, 0.3) is 6.08 Å². The predicted octanol–water partition coefficient (Wildman–Crippen LogP) is 4.96. The van der Waals surface area contributed by atoms with Gasteiger partial charge in [-0.05, 0) is 19.1 Å². The lowest BCUT2D eigenvalue weighted by Gasteiger charge is -2.22. The van der Waals surface area contributed by atoms with E-state index in [-0.39, 0.29) is 11.7 Å². The molecule has 93 valence electrons. The second-order valence-corrected chi connectivity index (χ2v) is 5.27. The zero-order valence-electron chi connectivity index (χ0n) is 9.61. The van der Waals surface area contributed by atoms with Crippen LogP contribution < -0.4 is 0 Å². The van der Waals surface area contributed by atoms with E-state index < -0.39 is 4.87 Å². The number of benzene rings is 1. The summed E-state index contributed by atoms with van der Waals surface area (Å²) in [5.41, 5.74) is 0.493. The van der Waals surface area contributed by atoms with Crippen LogP contribution >= 0.6 is 23.2 Å². The molecular formula is C15H12Cl2F. The molecule has 3 heteroatoms. The van der Waals surface area contributed by atoms with Crippen molar-refractivity contribution in [1.29, 1.82) is 0 Å². The van der Waals surface area contributed by atoms with Gasteiger partial charge < -0.3 is 0 Å². The molecular weight excluding hydrogens is 270 g/mol. The van der Waals surface area contributed by atoms with Crippen LogP contribution in [-0.4, -0.2) is 4.87 Å². The third-order valence-corrected chi connectivity index (χ3v) is 3.47. The third-order valence-electron chi connectivity index (χ3n) is 2.72. The fraction of sp³-hybridized carbons (Fsp3) is 0.133. The Labute approximate surface area is 116 Å². The van der Waals surface area contributed by atoms with Crippen LogP contribution in [0.15, 0.2) is 53.6 Å². The molecule has 2 unspecified atom stereocenters. The number of hydrogen-bond acceptors (Lipinski definition) is 0. The molecule has 0 N–H and O–H groups in total. The first-order chi connectivity index (χ1) is 8.50. The smallest absolute Gasteiger partial charge is 0.130 e. The van der Waals surface area contributed by atoms with Gasteiger partial charge in [-0.15, -0.1) is 11.6 Å². The second-order valence-electron chi connectivity index (χ2n) is 4.18. The Bertz CT molecular complexity index is 531. The van der Waals surface area contributed by atoms with Crippen molar-refractivity contribution in [3.63, 3.8) is 0 Å². The molecule has 1 aliphatic carbocycles. The van der Waals surface area contributed by atoms with Crippen LogP contribution in [0.3, 0.4) is 0 Å². The van der Waals surface area contributed by atoms with E-state index in [1.807, 2.05) is 6.08 Å². The van der Waals surface area contributed by atoms with Gasteiger partial charge in [-0.3, -0.25) is 0 Å². The predicted molar refractivity (Wildman–Crippen MR) is 75.9 cm³/mol. The summed E-state index contributed by atoms with van der Waals surface area (Å²) in [6, 6.07) is 6.52. The van der Waals surface area contributed by atoms with Gasteiger partial charge in [0.15, 0.2) is 0 Å². The van der Waals surface area contributed by atoms with Crippen molar-refractivity contribution in [3.8, 4) is 0 Å². The van der Waals surface area contributed by atoms with Gasteiger partial charge in [0.2, 0.25) is 0 Å². The topological polar surface area (TPSA) is 0 Å². The maximum Gasteiger partial charge on any atom is 0.130 e. The molecule has 0 bridgehead atoms. The van der Waals surface area contributed by atoms with Gasteiger partial charge in [0.05, 0.1) is 0 Å². The molecule has 0 aromatic heterocycles. The number of halogens is 3. The van der Waals surface area contributed by atoms with Crippen molar-refractivity contribution in [3.05, 3.63) is 71.9 Å². The van der Waals surface area contributed by atoms with Crippen LogP contribution in [0.2, 0.25) is 0 Å². The first-order valence-corrected chi connectivity index (χ1v) is 6.29. The van der Waals surface area contributed by atoms with Crippen LogP contribution in [0.1, 0.15) is 5.56 Å². The van der Waals surface area contributed by atoms with Gasteiger partial charge in [-0.1, -0.05) is 54.1 Å². The van der Waals surface area contributed by atoms with Crippen molar-refractivity contribution in [1.82, 2.24) is 0 Å². The van der Waals surface area contributed by atoms with E-state index in [1.54, 1.807) is 42.5 Å². The van der Waals surface area contributed by atoms with Crippen LogP contribution in [0.5, 0.6) is 0 Å². The van der Waals surface area contributed by atoms with E-state index in [1.165, 1.54) is 6.07 Å². The minimum absolute atomic E-state index is 0.0691. The van der Waals surface area contributed by atoms with Crippen LogP contribution in [0, 0.1) is 18.7 Å². The zero-order chi connectivity index (χ0) is 13.2. The van der Waals surface area contributed by atoms with E-state index in [4.69, 9.17) is 23.2 Å². The van der Waals surface area contributed by atoms with E-state index in [0.717, 1.165) is 0 Å². The van der Waals surface area contributed by atoms with Gasteiger partial charge in [-0.25, -0.2) is 4.39 Å². The number of alkyl halides is 1. The Morgan fingerprint density at radius 1 is 1.33 bits per heavy atom. The molecule has 0 fully saturated rings. The molecule has 0 heterocycles. The molecule has 0 amide bonds. The molecule has 1 aromatic carbocycles. The first-order valence-electron chi connectivity index (χ1n) is 5.53. The summed E-state index contributed by atoms with van der Waals surface area (Å²) in [6.45, 7) is 3.85. The van der Waals surface area contributed by atoms with Gasteiger partial charge >= 0.3 is 0 Å². The molecule has 0 spiro atoms. The SMILES string of the molecule is [CH2]C1C=CC(Cl)(/C=C/c2ccccc2F)C=C1Cl. The fourth-order valence-corrected chi connectivity index (χ4v) is 2.22. The monoisotopic (exact) mass is 281 g/mol. The zero-order valence-corrected chi connectivity index (χ0v) is 11.1.